The van der Waals surface area contributed by atoms with E-state index in [2.05, 4.69) is 11.9 Å². The van der Waals surface area contributed by atoms with E-state index in [0.717, 1.165) is 43.2 Å². The molecule has 114 valence electrons. The maximum atomic E-state index is 9.70. The molecule has 4 heteroatoms. The fourth-order valence-corrected chi connectivity index (χ4v) is 2.01. The highest BCUT2D eigenvalue weighted by molar-refractivity contribution is 5.38. The molecule has 4 nitrogen and oxygen atoms in total. The lowest BCUT2D eigenvalue weighted by molar-refractivity contribution is 0.120. The molecular weight excluding hydrogens is 254 g/mol. The first kappa shape index (κ1) is 17.0. The predicted octanol–water partition coefficient (Wildman–Crippen LogP) is 2.61. The summed E-state index contributed by atoms with van der Waals surface area (Å²) in [5.74, 6) is 0.889. The molecule has 0 amide bonds. The Hall–Kier alpha value is -1.10. The maximum absolute atomic E-state index is 9.70. The first-order valence-corrected chi connectivity index (χ1v) is 7.28. The highest BCUT2D eigenvalue weighted by Gasteiger charge is 2.10. The van der Waals surface area contributed by atoms with Crippen molar-refractivity contribution in [2.75, 3.05) is 33.4 Å². The zero-order chi connectivity index (χ0) is 15.0. The molecule has 0 aliphatic carbocycles. The summed E-state index contributed by atoms with van der Waals surface area (Å²) >= 11 is 0. The molecule has 0 aliphatic heterocycles. The minimum atomic E-state index is -0.460. The van der Waals surface area contributed by atoms with Crippen molar-refractivity contribution in [2.45, 2.75) is 33.4 Å². The lowest BCUT2D eigenvalue weighted by atomic mass is 10.1. The van der Waals surface area contributed by atoms with Gasteiger partial charge in [-0.25, -0.2) is 0 Å². The summed E-state index contributed by atoms with van der Waals surface area (Å²) in [5, 5.41) is 9.70. The number of rotatable bonds is 9. The third kappa shape index (κ3) is 5.49. The highest BCUT2D eigenvalue weighted by atomic mass is 16.5. The number of aliphatic hydroxyl groups excluding tert-OH is 1. The molecule has 0 radical (unpaired) electrons. The summed E-state index contributed by atoms with van der Waals surface area (Å²) in [6.45, 7) is 9.52. The average molecular weight is 281 g/mol. The highest BCUT2D eigenvalue weighted by Crippen LogP contribution is 2.24. The number of nitrogens with zero attached hydrogens (tertiary/aromatic N) is 1. The van der Waals surface area contributed by atoms with E-state index >= 15 is 0 Å². The zero-order valence-electron chi connectivity index (χ0n) is 13.1. The van der Waals surface area contributed by atoms with Crippen molar-refractivity contribution in [3.05, 3.63) is 29.3 Å². The summed E-state index contributed by atoms with van der Waals surface area (Å²) in [6.07, 6.45) is -0.460. The molecule has 0 bridgehead atoms. The van der Waals surface area contributed by atoms with Crippen molar-refractivity contribution < 1.29 is 14.6 Å². The van der Waals surface area contributed by atoms with Crippen molar-refractivity contribution in [2.24, 2.45) is 0 Å². The molecule has 20 heavy (non-hydrogen) atoms. The van der Waals surface area contributed by atoms with E-state index in [0.29, 0.717) is 6.61 Å². The van der Waals surface area contributed by atoms with Gasteiger partial charge in [-0.3, -0.25) is 4.90 Å². The largest absolute Gasteiger partial charge is 0.494 e. The molecule has 0 saturated heterocycles. The van der Waals surface area contributed by atoms with Gasteiger partial charge < -0.3 is 14.6 Å². The normalized spacial score (nSPS) is 12.7. The Morgan fingerprint density at radius 2 is 2.00 bits per heavy atom. The van der Waals surface area contributed by atoms with Crippen LogP contribution >= 0.6 is 0 Å². The fraction of sp³-hybridized carbons (Fsp3) is 0.625. The van der Waals surface area contributed by atoms with E-state index in [1.54, 1.807) is 6.92 Å². The molecule has 0 saturated carbocycles. The van der Waals surface area contributed by atoms with Crippen LogP contribution in [-0.4, -0.2) is 43.4 Å². The van der Waals surface area contributed by atoms with Gasteiger partial charge in [-0.2, -0.15) is 0 Å². The number of hydrogen-bond acceptors (Lipinski definition) is 4. The average Bonchev–Trinajstić information content (AvgIpc) is 2.41. The topological polar surface area (TPSA) is 41.9 Å². The van der Waals surface area contributed by atoms with Crippen LogP contribution < -0.4 is 4.74 Å². The molecule has 1 N–H and O–H groups in total. The standard InChI is InChI=1S/C16H27NO3/c1-5-19-10-9-17(4)12-15-11-14(13(3)18)7-8-16(15)20-6-2/h7-8,11,13,18H,5-6,9-10,12H2,1-4H3. The Kier molecular flexibility index (Phi) is 7.59. The molecule has 0 fully saturated rings. The molecule has 1 aromatic carbocycles. The van der Waals surface area contributed by atoms with Crippen LogP contribution in [0.15, 0.2) is 18.2 Å². The van der Waals surface area contributed by atoms with E-state index in [-0.39, 0.29) is 0 Å². The summed E-state index contributed by atoms with van der Waals surface area (Å²) in [6, 6.07) is 5.88. The maximum Gasteiger partial charge on any atom is 0.123 e. The van der Waals surface area contributed by atoms with Gasteiger partial charge in [0.15, 0.2) is 0 Å². The van der Waals surface area contributed by atoms with Crippen molar-refractivity contribution >= 4 is 0 Å². The van der Waals surface area contributed by atoms with E-state index in [1.807, 2.05) is 32.0 Å². The second-order valence-corrected chi connectivity index (χ2v) is 4.91. The van der Waals surface area contributed by atoms with Crippen LogP contribution in [0.3, 0.4) is 0 Å². The van der Waals surface area contributed by atoms with Crippen LogP contribution in [0, 0.1) is 0 Å². The minimum absolute atomic E-state index is 0.460. The number of likely N-dealkylation sites (N-methyl/N-ethyl adjacent to an activating group) is 1. The van der Waals surface area contributed by atoms with Gasteiger partial charge in [-0.05, 0) is 45.5 Å². The van der Waals surface area contributed by atoms with Gasteiger partial charge in [0.1, 0.15) is 5.75 Å². The zero-order valence-corrected chi connectivity index (χ0v) is 13.1. The quantitative estimate of drug-likeness (QED) is 0.707. The molecule has 0 aromatic heterocycles. The predicted molar refractivity (Wildman–Crippen MR) is 81.1 cm³/mol. The Morgan fingerprint density at radius 3 is 2.60 bits per heavy atom. The first-order chi connectivity index (χ1) is 9.58. The second-order valence-electron chi connectivity index (χ2n) is 4.91. The molecule has 0 aliphatic rings. The molecule has 1 atom stereocenters. The number of aliphatic hydroxyl groups is 1. The van der Waals surface area contributed by atoms with Crippen molar-refractivity contribution in [1.82, 2.24) is 4.90 Å². The Morgan fingerprint density at radius 1 is 1.25 bits per heavy atom. The van der Waals surface area contributed by atoms with Crippen molar-refractivity contribution in [3.63, 3.8) is 0 Å². The van der Waals surface area contributed by atoms with E-state index in [4.69, 9.17) is 9.47 Å². The Balaban J connectivity index is 2.75. The lowest BCUT2D eigenvalue weighted by Gasteiger charge is -2.20. The summed E-state index contributed by atoms with van der Waals surface area (Å²) < 4.78 is 11.0. The number of ether oxygens (including phenoxy) is 2. The van der Waals surface area contributed by atoms with Crippen LogP contribution in [0.5, 0.6) is 5.75 Å². The summed E-state index contributed by atoms with van der Waals surface area (Å²) in [5.41, 5.74) is 2.02. The molecule has 1 aromatic rings. The van der Waals surface area contributed by atoms with E-state index in [1.165, 1.54) is 0 Å². The van der Waals surface area contributed by atoms with Crippen LogP contribution in [0.4, 0.5) is 0 Å². The Bertz CT molecular complexity index is 393. The van der Waals surface area contributed by atoms with Crippen LogP contribution in [0.25, 0.3) is 0 Å². The van der Waals surface area contributed by atoms with Gasteiger partial charge >= 0.3 is 0 Å². The molecule has 0 spiro atoms. The van der Waals surface area contributed by atoms with E-state index < -0.39 is 6.10 Å². The van der Waals surface area contributed by atoms with Crippen LogP contribution in [0.1, 0.15) is 38.0 Å². The third-order valence-electron chi connectivity index (χ3n) is 3.13. The lowest BCUT2D eigenvalue weighted by Crippen LogP contribution is -2.23. The SMILES string of the molecule is CCOCCN(C)Cc1cc(C(C)O)ccc1OCC. The van der Waals surface area contributed by atoms with Gasteiger partial charge in [0.25, 0.3) is 0 Å². The van der Waals surface area contributed by atoms with Gasteiger partial charge in [0.2, 0.25) is 0 Å². The van der Waals surface area contributed by atoms with Crippen molar-refractivity contribution in [3.8, 4) is 5.75 Å². The van der Waals surface area contributed by atoms with Crippen molar-refractivity contribution in [1.29, 1.82) is 0 Å². The van der Waals surface area contributed by atoms with Gasteiger partial charge in [0.05, 0.1) is 19.3 Å². The van der Waals surface area contributed by atoms with Crippen LogP contribution in [-0.2, 0) is 11.3 Å². The Labute approximate surface area is 122 Å². The monoisotopic (exact) mass is 281 g/mol. The van der Waals surface area contributed by atoms with Gasteiger partial charge in [-0.1, -0.05) is 6.07 Å². The molecule has 0 heterocycles. The van der Waals surface area contributed by atoms with Gasteiger partial charge in [-0.15, -0.1) is 0 Å². The van der Waals surface area contributed by atoms with E-state index in [9.17, 15) is 5.11 Å². The fourth-order valence-electron chi connectivity index (χ4n) is 2.01. The number of hydrogen-bond donors (Lipinski definition) is 1. The third-order valence-corrected chi connectivity index (χ3v) is 3.13. The molecular formula is C16H27NO3. The summed E-state index contributed by atoms with van der Waals surface area (Å²) in [4.78, 5) is 2.19. The molecule has 1 rings (SSSR count). The van der Waals surface area contributed by atoms with Gasteiger partial charge in [0, 0.05) is 25.3 Å². The minimum Gasteiger partial charge on any atom is -0.494 e. The summed E-state index contributed by atoms with van der Waals surface area (Å²) in [7, 11) is 2.06. The molecule has 1 unspecified atom stereocenters. The first-order valence-electron chi connectivity index (χ1n) is 7.28. The second kappa shape index (κ2) is 8.95. The smallest absolute Gasteiger partial charge is 0.123 e. The number of benzene rings is 1. The van der Waals surface area contributed by atoms with Crippen LogP contribution in [0.2, 0.25) is 0 Å².